The molecule has 104 valence electrons. The summed E-state index contributed by atoms with van der Waals surface area (Å²) in [6.07, 6.45) is 1.98. The lowest BCUT2D eigenvalue weighted by Crippen LogP contribution is -2.15. The Hall–Kier alpha value is -1.79. The van der Waals surface area contributed by atoms with Crippen LogP contribution in [0.15, 0.2) is 29.8 Å². The molecule has 0 bridgehead atoms. The molecule has 1 N–H and O–H groups in total. The van der Waals surface area contributed by atoms with Gasteiger partial charge in [-0.15, -0.1) is 11.3 Å². The van der Waals surface area contributed by atoms with Gasteiger partial charge in [0, 0.05) is 24.7 Å². The van der Waals surface area contributed by atoms with Crippen molar-refractivity contribution in [2.24, 2.45) is 0 Å². The molecular weight excluding hydrogens is 280 g/mol. The van der Waals surface area contributed by atoms with Crippen molar-refractivity contribution >= 4 is 16.3 Å². The molecule has 6 heteroatoms. The summed E-state index contributed by atoms with van der Waals surface area (Å²) in [5.74, 6) is -1.63. The molecule has 0 radical (unpaired) electrons. The summed E-state index contributed by atoms with van der Waals surface area (Å²) in [5, 5.41) is 5.21. The van der Waals surface area contributed by atoms with Gasteiger partial charge < -0.3 is 5.32 Å². The molecule has 0 spiro atoms. The molecule has 0 aliphatic rings. The molecule has 0 atom stereocenters. The Balaban J connectivity index is 1.69. The predicted molar refractivity (Wildman–Crippen MR) is 74.7 cm³/mol. The Kier molecular flexibility index (Phi) is 3.50. The van der Waals surface area contributed by atoms with Gasteiger partial charge in [0.2, 0.25) is 0 Å². The van der Waals surface area contributed by atoms with E-state index < -0.39 is 11.6 Å². The van der Waals surface area contributed by atoms with E-state index in [0.29, 0.717) is 18.7 Å². The Morgan fingerprint density at radius 1 is 1.25 bits per heavy atom. The van der Waals surface area contributed by atoms with Crippen LogP contribution < -0.4 is 5.32 Å². The first-order valence-electron chi connectivity index (χ1n) is 6.21. The third kappa shape index (κ3) is 2.44. The van der Waals surface area contributed by atoms with Gasteiger partial charge in [0.15, 0.2) is 16.6 Å². The van der Waals surface area contributed by atoms with Crippen molar-refractivity contribution in [1.82, 2.24) is 14.7 Å². The zero-order chi connectivity index (χ0) is 14.1. The monoisotopic (exact) mass is 293 g/mol. The number of rotatable bonds is 4. The summed E-state index contributed by atoms with van der Waals surface area (Å²) in [4.78, 5) is 5.42. The summed E-state index contributed by atoms with van der Waals surface area (Å²) in [6, 6.07) is 3.94. The fourth-order valence-corrected chi connectivity index (χ4v) is 2.91. The zero-order valence-electron chi connectivity index (χ0n) is 10.9. The summed E-state index contributed by atoms with van der Waals surface area (Å²) in [6.45, 7) is 3.07. The van der Waals surface area contributed by atoms with Gasteiger partial charge in [-0.05, 0) is 24.6 Å². The van der Waals surface area contributed by atoms with Gasteiger partial charge in [-0.2, -0.15) is 0 Å². The van der Waals surface area contributed by atoms with Crippen LogP contribution >= 0.6 is 11.3 Å². The number of hydrogen-bond acceptors (Lipinski definition) is 3. The smallest absolute Gasteiger partial charge is 0.194 e. The highest BCUT2D eigenvalue weighted by Gasteiger charge is 2.09. The molecule has 0 fully saturated rings. The maximum absolute atomic E-state index is 13.1. The lowest BCUT2D eigenvalue weighted by atomic mass is 10.2. The van der Waals surface area contributed by atoms with Gasteiger partial charge in [0.25, 0.3) is 0 Å². The van der Waals surface area contributed by atoms with Crippen molar-refractivity contribution < 1.29 is 8.78 Å². The van der Waals surface area contributed by atoms with E-state index >= 15 is 0 Å². The van der Waals surface area contributed by atoms with E-state index in [1.165, 1.54) is 6.07 Å². The van der Waals surface area contributed by atoms with E-state index in [9.17, 15) is 8.78 Å². The van der Waals surface area contributed by atoms with E-state index in [4.69, 9.17) is 0 Å². The third-order valence-corrected chi connectivity index (χ3v) is 3.92. The minimum atomic E-state index is -0.819. The van der Waals surface area contributed by atoms with Crippen molar-refractivity contribution in [3.63, 3.8) is 0 Å². The lowest BCUT2D eigenvalue weighted by molar-refractivity contribution is 0.506. The van der Waals surface area contributed by atoms with Crippen molar-refractivity contribution in [2.45, 2.75) is 20.0 Å². The van der Waals surface area contributed by atoms with Gasteiger partial charge in [0.05, 0.1) is 11.4 Å². The van der Waals surface area contributed by atoms with Crippen LogP contribution in [0.25, 0.3) is 4.96 Å². The fourth-order valence-electron chi connectivity index (χ4n) is 2.13. The summed E-state index contributed by atoms with van der Waals surface area (Å²) in [7, 11) is 0. The third-order valence-electron chi connectivity index (χ3n) is 3.17. The maximum Gasteiger partial charge on any atom is 0.194 e. The Morgan fingerprint density at radius 3 is 2.90 bits per heavy atom. The van der Waals surface area contributed by atoms with E-state index in [1.807, 2.05) is 22.9 Å². The standard InChI is InChI=1S/C14H13F2N3S/c1-9-13(19-4-5-20-14(19)18-9)8-17-7-10-2-3-11(15)12(16)6-10/h2-6,17H,7-8H2,1H3. The van der Waals surface area contributed by atoms with Crippen LogP contribution in [0.4, 0.5) is 8.78 Å². The highest BCUT2D eigenvalue weighted by Crippen LogP contribution is 2.16. The molecule has 0 aliphatic carbocycles. The Labute approximate surface area is 118 Å². The number of hydrogen-bond donors (Lipinski definition) is 1. The number of nitrogens with one attached hydrogen (secondary N) is 1. The molecule has 3 aromatic rings. The lowest BCUT2D eigenvalue weighted by Gasteiger charge is -2.06. The SMILES string of the molecule is Cc1nc2sccn2c1CNCc1ccc(F)c(F)c1. The van der Waals surface area contributed by atoms with Crippen molar-refractivity contribution in [3.8, 4) is 0 Å². The molecule has 0 amide bonds. The molecule has 0 unspecified atom stereocenters. The quantitative estimate of drug-likeness (QED) is 0.800. The van der Waals surface area contributed by atoms with Crippen LogP contribution in [0, 0.1) is 18.6 Å². The molecular formula is C14H13F2N3S. The number of nitrogens with zero attached hydrogens (tertiary/aromatic N) is 2. The zero-order valence-corrected chi connectivity index (χ0v) is 11.7. The van der Waals surface area contributed by atoms with Crippen LogP contribution in [-0.4, -0.2) is 9.38 Å². The number of benzene rings is 1. The molecule has 0 saturated carbocycles. The molecule has 3 nitrogen and oxygen atoms in total. The molecule has 2 aromatic heterocycles. The number of aromatic nitrogens is 2. The number of aryl methyl sites for hydroxylation is 1. The second-order valence-corrected chi connectivity index (χ2v) is 5.42. The summed E-state index contributed by atoms with van der Waals surface area (Å²) >= 11 is 1.59. The predicted octanol–water partition coefficient (Wildman–Crippen LogP) is 3.27. The van der Waals surface area contributed by atoms with Crippen LogP contribution in [-0.2, 0) is 13.1 Å². The van der Waals surface area contributed by atoms with E-state index in [-0.39, 0.29) is 0 Å². The fraction of sp³-hybridized carbons (Fsp3) is 0.214. The van der Waals surface area contributed by atoms with Crippen LogP contribution in [0.3, 0.4) is 0 Å². The van der Waals surface area contributed by atoms with Crippen molar-refractivity contribution in [1.29, 1.82) is 0 Å². The van der Waals surface area contributed by atoms with E-state index in [2.05, 4.69) is 10.3 Å². The van der Waals surface area contributed by atoms with E-state index in [1.54, 1.807) is 17.4 Å². The van der Waals surface area contributed by atoms with Crippen LogP contribution in [0.5, 0.6) is 0 Å². The first-order valence-corrected chi connectivity index (χ1v) is 7.09. The number of fused-ring (bicyclic) bond motifs is 1. The average Bonchev–Trinajstić information content (AvgIpc) is 2.96. The maximum atomic E-state index is 13.1. The first kappa shape index (κ1) is 13.2. The summed E-state index contributed by atoms with van der Waals surface area (Å²) in [5.41, 5.74) is 2.78. The normalized spacial score (nSPS) is 11.3. The first-order chi connectivity index (χ1) is 9.65. The molecule has 1 aromatic carbocycles. The molecule has 2 heterocycles. The Bertz CT molecular complexity index is 748. The average molecular weight is 293 g/mol. The van der Waals surface area contributed by atoms with Crippen LogP contribution in [0.1, 0.15) is 17.0 Å². The molecule has 0 aliphatic heterocycles. The summed E-state index contributed by atoms with van der Waals surface area (Å²) < 4.78 is 28.0. The Morgan fingerprint density at radius 2 is 2.10 bits per heavy atom. The highest BCUT2D eigenvalue weighted by molar-refractivity contribution is 7.15. The van der Waals surface area contributed by atoms with Gasteiger partial charge >= 0.3 is 0 Å². The van der Waals surface area contributed by atoms with Crippen LogP contribution in [0.2, 0.25) is 0 Å². The highest BCUT2D eigenvalue weighted by atomic mass is 32.1. The van der Waals surface area contributed by atoms with Gasteiger partial charge in [0.1, 0.15) is 0 Å². The van der Waals surface area contributed by atoms with Gasteiger partial charge in [-0.1, -0.05) is 6.07 Å². The number of halogens is 2. The topological polar surface area (TPSA) is 29.3 Å². The minimum Gasteiger partial charge on any atom is -0.307 e. The molecule has 20 heavy (non-hydrogen) atoms. The number of thiazole rings is 1. The van der Waals surface area contributed by atoms with E-state index in [0.717, 1.165) is 22.4 Å². The second-order valence-electron chi connectivity index (χ2n) is 4.55. The molecule has 0 saturated heterocycles. The van der Waals surface area contributed by atoms with Gasteiger partial charge in [-0.3, -0.25) is 4.40 Å². The molecule has 3 rings (SSSR count). The van der Waals surface area contributed by atoms with Crippen molar-refractivity contribution in [2.75, 3.05) is 0 Å². The minimum absolute atomic E-state index is 0.480. The largest absolute Gasteiger partial charge is 0.307 e. The van der Waals surface area contributed by atoms with Gasteiger partial charge in [-0.25, -0.2) is 13.8 Å². The van der Waals surface area contributed by atoms with Crippen molar-refractivity contribution in [3.05, 3.63) is 58.4 Å². The second kappa shape index (κ2) is 5.30. The number of imidazole rings is 1.